The van der Waals surface area contributed by atoms with Gasteiger partial charge < -0.3 is 19.9 Å². The molecule has 0 unspecified atom stereocenters. The molecule has 0 aliphatic heterocycles. The largest absolute Gasteiger partial charge is 0.492 e. The molecule has 168 valence electrons. The molecule has 3 rings (SSSR count). The van der Waals surface area contributed by atoms with Gasteiger partial charge in [0.15, 0.2) is 5.16 Å². The van der Waals surface area contributed by atoms with Crippen molar-refractivity contribution in [1.29, 1.82) is 0 Å². The molecule has 0 radical (unpaired) electrons. The van der Waals surface area contributed by atoms with Gasteiger partial charge in [-0.15, -0.1) is 10.2 Å². The van der Waals surface area contributed by atoms with E-state index < -0.39 is 0 Å². The number of hydrogen-bond donors (Lipinski definition) is 2. The highest BCUT2D eigenvalue weighted by Crippen LogP contribution is 2.24. The number of ether oxygens (including phenoxy) is 1. The molecule has 0 bridgehead atoms. The fraction of sp³-hybridized carbons (Fsp3) is 0.273. The molecule has 2 N–H and O–H groups in total. The standard InChI is InChI=1S/C22H24FN5O3S/c1-3-28-19(13-20(29)24-16-11-9-15(23)10-12-16)26-27-22(28)32-14-21(30)25-17-7-5-6-8-18(17)31-4-2/h5-12H,3-4,13-14H2,1-2H3,(H,24,29)(H,25,30). The monoisotopic (exact) mass is 457 g/mol. The lowest BCUT2D eigenvalue weighted by atomic mass is 10.3. The molecule has 0 fully saturated rings. The average molecular weight is 458 g/mol. The molecule has 0 spiro atoms. The van der Waals surface area contributed by atoms with Crippen molar-refractivity contribution >= 4 is 35.0 Å². The van der Waals surface area contributed by atoms with E-state index in [2.05, 4.69) is 20.8 Å². The summed E-state index contributed by atoms with van der Waals surface area (Å²) in [5, 5.41) is 14.3. The Hall–Kier alpha value is -3.40. The van der Waals surface area contributed by atoms with E-state index in [1.165, 1.54) is 36.0 Å². The number of nitrogens with one attached hydrogen (secondary N) is 2. The topological polar surface area (TPSA) is 98.1 Å². The number of anilines is 2. The fourth-order valence-electron chi connectivity index (χ4n) is 2.92. The van der Waals surface area contributed by atoms with E-state index in [-0.39, 0.29) is 29.8 Å². The summed E-state index contributed by atoms with van der Waals surface area (Å²) in [5.41, 5.74) is 1.10. The molecule has 0 aliphatic carbocycles. The maximum Gasteiger partial charge on any atom is 0.234 e. The van der Waals surface area contributed by atoms with E-state index in [0.29, 0.717) is 41.3 Å². The lowest BCUT2D eigenvalue weighted by Gasteiger charge is -2.11. The smallest absolute Gasteiger partial charge is 0.234 e. The minimum atomic E-state index is -0.374. The third kappa shape index (κ3) is 6.30. The predicted octanol–water partition coefficient (Wildman–Crippen LogP) is 3.75. The van der Waals surface area contributed by atoms with Gasteiger partial charge in [-0.2, -0.15) is 0 Å². The van der Waals surface area contributed by atoms with Crippen molar-refractivity contribution in [1.82, 2.24) is 14.8 Å². The summed E-state index contributed by atoms with van der Waals surface area (Å²) < 4.78 is 20.3. The lowest BCUT2D eigenvalue weighted by Crippen LogP contribution is -2.18. The third-order valence-corrected chi connectivity index (χ3v) is 5.32. The summed E-state index contributed by atoms with van der Waals surface area (Å²) in [7, 11) is 0. The Morgan fingerprint density at radius 3 is 2.50 bits per heavy atom. The summed E-state index contributed by atoms with van der Waals surface area (Å²) in [6.07, 6.45) is 0.00665. The number of thioether (sulfide) groups is 1. The zero-order chi connectivity index (χ0) is 22.9. The Morgan fingerprint density at radius 2 is 1.78 bits per heavy atom. The van der Waals surface area contributed by atoms with Crippen LogP contribution in [0.1, 0.15) is 19.7 Å². The Labute approximate surface area is 189 Å². The van der Waals surface area contributed by atoms with Gasteiger partial charge in [-0.05, 0) is 50.2 Å². The highest BCUT2D eigenvalue weighted by Gasteiger charge is 2.16. The number of carbonyl (C=O) groups is 2. The van der Waals surface area contributed by atoms with Crippen LogP contribution < -0.4 is 15.4 Å². The van der Waals surface area contributed by atoms with Gasteiger partial charge in [0, 0.05) is 12.2 Å². The highest BCUT2D eigenvalue weighted by atomic mass is 32.2. The zero-order valence-corrected chi connectivity index (χ0v) is 18.6. The number of para-hydroxylation sites is 2. The second-order valence-corrected chi connectivity index (χ2v) is 7.58. The van der Waals surface area contributed by atoms with Crippen LogP contribution in [0.5, 0.6) is 5.75 Å². The SMILES string of the molecule is CCOc1ccccc1NC(=O)CSc1nnc(CC(=O)Nc2ccc(F)cc2)n1CC. The maximum absolute atomic E-state index is 13.0. The van der Waals surface area contributed by atoms with Gasteiger partial charge in [0.05, 0.1) is 24.5 Å². The molecular formula is C22H24FN5O3S. The van der Waals surface area contributed by atoms with Crippen molar-refractivity contribution in [3.05, 3.63) is 60.2 Å². The quantitative estimate of drug-likeness (QED) is 0.450. The maximum atomic E-state index is 13.0. The number of hydrogen-bond acceptors (Lipinski definition) is 6. The first-order valence-corrected chi connectivity index (χ1v) is 11.1. The van der Waals surface area contributed by atoms with Crippen LogP contribution in [0.3, 0.4) is 0 Å². The van der Waals surface area contributed by atoms with E-state index >= 15 is 0 Å². The second-order valence-electron chi connectivity index (χ2n) is 6.64. The molecule has 2 aromatic carbocycles. The van der Waals surface area contributed by atoms with Crippen LogP contribution in [0.2, 0.25) is 0 Å². The molecule has 1 aromatic heterocycles. The molecular weight excluding hydrogens is 433 g/mol. The van der Waals surface area contributed by atoms with Crippen molar-refractivity contribution in [3.63, 3.8) is 0 Å². The van der Waals surface area contributed by atoms with Crippen LogP contribution in [0.15, 0.2) is 53.7 Å². The van der Waals surface area contributed by atoms with E-state index in [1.807, 2.05) is 26.0 Å². The van der Waals surface area contributed by atoms with E-state index in [4.69, 9.17) is 4.74 Å². The molecule has 32 heavy (non-hydrogen) atoms. The van der Waals surface area contributed by atoms with Crippen LogP contribution in [0.25, 0.3) is 0 Å². The Balaban J connectivity index is 1.58. The number of rotatable bonds is 10. The normalized spacial score (nSPS) is 10.6. The Morgan fingerprint density at radius 1 is 1.03 bits per heavy atom. The lowest BCUT2D eigenvalue weighted by molar-refractivity contribution is -0.116. The Kier molecular flexibility index (Phi) is 8.20. The summed E-state index contributed by atoms with van der Waals surface area (Å²) in [4.78, 5) is 24.7. The number of halogens is 1. The van der Waals surface area contributed by atoms with Gasteiger partial charge in [-0.25, -0.2) is 4.39 Å². The third-order valence-electron chi connectivity index (χ3n) is 4.35. The van der Waals surface area contributed by atoms with Crippen LogP contribution in [-0.2, 0) is 22.6 Å². The van der Waals surface area contributed by atoms with Gasteiger partial charge in [-0.3, -0.25) is 9.59 Å². The number of aromatic nitrogens is 3. The van der Waals surface area contributed by atoms with Gasteiger partial charge >= 0.3 is 0 Å². The van der Waals surface area contributed by atoms with Crippen LogP contribution in [0, 0.1) is 5.82 Å². The van der Waals surface area contributed by atoms with E-state index in [9.17, 15) is 14.0 Å². The van der Waals surface area contributed by atoms with Crippen molar-refractivity contribution < 1.29 is 18.7 Å². The Bertz CT molecular complexity index is 1070. The van der Waals surface area contributed by atoms with Gasteiger partial charge in [-0.1, -0.05) is 23.9 Å². The molecule has 0 atom stereocenters. The summed E-state index contributed by atoms with van der Waals surface area (Å²) >= 11 is 1.23. The first-order chi connectivity index (χ1) is 15.5. The minimum Gasteiger partial charge on any atom is -0.492 e. The summed E-state index contributed by atoms with van der Waals surface area (Å²) in [6.45, 7) is 4.83. The van der Waals surface area contributed by atoms with Gasteiger partial charge in [0.25, 0.3) is 0 Å². The average Bonchev–Trinajstić information content (AvgIpc) is 3.16. The van der Waals surface area contributed by atoms with Crippen LogP contribution in [-0.4, -0.2) is 38.9 Å². The number of amides is 2. The fourth-order valence-corrected chi connectivity index (χ4v) is 3.75. The number of benzene rings is 2. The van der Waals surface area contributed by atoms with Crippen LogP contribution in [0.4, 0.5) is 15.8 Å². The van der Waals surface area contributed by atoms with Crippen molar-refractivity contribution in [2.24, 2.45) is 0 Å². The molecule has 0 saturated heterocycles. The van der Waals surface area contributed by atoms with Crippen molar-refractivity contribution in [2.75, 3.05) is 23.0 Å². The molecule has 8 nitrogen and oxygen atoms in total. The van der Waals surface area contributed by atoms with Crippen molar-refractivity contribution in [2.45, 2.75) is 32.0 Å². The molecule has 10 heteroatoms. The summed E-state index contributed by atoms with van der Waals surface area (Å²) in [6, 6.07) is 12.8. The highest BCUT2D eigenvalue weighted by molar-refractivity contribution is 7.99. The summed E-state index contributed by atoms with van der Waals surface area (Å²) in [5.74, 6) is 0.349. The first kappa shape index (κ1) is 23.3. The van der Waals surface area contributed by atoms with E-state index in [0.717, 1.165) is 0 Å². The minimum absolute atomic E-state index is 0.00665. The zero-order valence-electron chi connectivity index (χ0n) is 17.8. The van der Waals surface area contributed by atoms with Gasteiger partial charge in [0.1, 0.15) is 17.4 Å². The van der Waals surface area contributed by atoms with Crippen molar-refractivity contribution in [3.8, 4) is 5.75 Å². The molecule has 0 aliphatic rings. The molecule has 3 aromatic rings. The van der Waals surface area contributed by atoms with Crippen LogP contribution >= 0.6 is 11.8 Å². The molecule has 2 amide bonds. The van der Waals surface area contributed by atoms with Gasteiger partial charge in [0.2, 0.25) is 11.8 Å². The number of carbonyl (C=O) groups excluding carboxylic acids is 2. The number of nitrogens with zero attached hydrogens (tertiary/aromatic N) is 3. The second kappa shape index (κ2) is 11.3. The molecule has 1 heterocycles. The first-order valence-electron chi connectivity index (χ1n) is 10.1. The molecule has 0 saturated carbocycles. The van der Waals surface area contributed by atoms with E-state index in [1.54, 1.807) is 16.7 Å². The predicted molar refractivity (Wildman–Crippen MR) is 121 cm³/mol.